The monoisotopic (exact) mass is 623 g/mol. The van der Waals surface area contributed by atoms with Crippen molar-refractivity contribution in [2.45, 2.75) is 132 Å². The first kappa shape index (κ1) is 32.9. The summed E-state index contributed by atoms with van der Waals surface area (Å²) in [5.74, 6) is 10.6. The Balaban J connectivity index is 1.21. The first-order valence-electron chi connectivity index (χ1n) is 19.5. The van der Waals surface area contributed by atoms with Crippen LogP contribution in [0.3, 0.4) is 0 Å². The van der Waals surface area contributed by atoms with E-state index in [1.807, 2.05) is 7.11 Å². The minimum Gasteiger partial charge on any atom is -0.381 e. The molecular formula is C45H66O. The van der Waals surface area contributed by atoms with Crippen molar-refractivity contribution in [3.8, 4) is 0 Å². The molecule has 252 valence electrons. The first-order chi connectivity index (χ1) is 21.8. The molecule has 0 spiro atoms. The average Bonchev–Trinajstić information content (AvgIpc) is 3.64. The second-order valence-electron chi connectivity index (χ2n) is 19.0. The molecule has 0 radical (unpaired) electrons. The van der Waals surface area contributed by atoms with Gasteiger partial charge in [-0.3, -0.25) is 0 Å². The van der Waals surface area contributed by atoms with Gasteiger partial charge in [0.05, 0.1) is 6.10 Å². The third kappa shape index (κ3) is 5.75. The lowest BCUT2D eigenvalue weighted by Crippen LogP contribution is -2.47. The van der Waals surface area contributed by atoms with Crippen molar-refractivity contribution in [3.63, 3.8) is 0 Å². The van der Waals surface area contributed by atoms with E-state index in [1.54, 1.807) is 11.1 Å². The van der Waals surface area contributed by atoms with E-state index in [9.17, 15) is 0 Å². The SMILES string of the molecule is COC1C(c2cc(C)cc(C)c2)C2CC(C)C(CC3C(C)CC4C3CC3CCCC3C4c3cc(C)cc(C)c3)C2CC1C(C)(C)C. The number of methoxy groups -OCH3 is 1. The van der Waals surface area contributed by atoms with Gasteiger partial charge in [-0.25, -0.2) is 0 Å². The molecular weight excluding hydrogens is 556 g/mol. The summed E-state index contributed by atoms with van der Waals surface area (Å²) in [6, 6.07) is 15.0. The van der Waals surface area contributed by atoms with Crippen molar-refractivity contribution in [3.05, 3.63) is 69.8 Å². The van der Waals surface area contributed by atoms with Gasteiger partial charge >= 0.3 is 0 Å². The number of fused-ring (bicyclic) bond motifs is 3. The van der Waals surface area contributed by atoms with Crippen LogP contribution < -0.4 is 0 Å². The molecule has 46 heavy (non-hydrogen) atoms. The standard InChI is InChI=1S/C45H66O/c1-25-14-26(2)17-32(16-25)42-34-13-11-12-31(34)22-37-35(29(5)20-39(37)42)23-36-30(6)21-40-38(36)24-41(45(7,8)9)44(46-10)43(40)33-18-27(3)15-28(4)19-33/h14-19,29-31,34-44H,11-13,20-24H2,1-10H3. The number of rotatable bonds is 5. The Morgan fingerprint density at radius 2 is 1.11 bits per heavy atom. The maximum absolute atomic E-state index is 6.59. The van der Waals surface area contributed by atoms with Gasteiger partial charge in [-0.1, -0.05) is 106 Å². The maximum Gasteiger partial charge on any atom is 0.0675 e. The van der Waals surface area contributed by atoms with Crippen LogP contribution in [0.1, 0.15) is 131 Å². The zero-order valence-corrected chi connectivity index (χ0v) is 31.1. The number of hydrogen-bond donors (Lipinski definition) is 0. The second-order valence-corrected chi connectivity index (χ2v) is 19.0. The normalized spacial score (nSPS) is 42.1. The summed E-state index contributed by atoms with van der Waals surface area (Å²) in [6.07, 6.45) is 12.0. The van der Waals surface area contributed by atoms with Crippen LogP contribution in [0.5, 0.6) is 0 Å². The van der Waals surface area contributed by atoms with Gasteiger partial charge in [-0.2, -0.15) is 0 Å². The van der Waals surface area contributed by atoms with Crippen LogP contribution in [0.2, 0.25) is 0 Å². The minimum atomic E-state index is 0.241. The van der Waals surface area contributed by atoms with Crippen molar-refractivity contribution in [2.24, 2.45) is 70.5 Å². The Kier molecular flexibility index (Phi) is 8.86. The van der Waals surface area contributed by atoms with E-state index in [2.05, 4.69) is 98.7 Å². The molecule has 2 aromatic rings. The zero-order valence-electron chi connectivity index (χ0n) is 31.1. The smallest absolute Gasteiger partial charge is 0.0675 e. The Labute approximate surface area is 283 Å². The molecule has 7 rings (SSSR count). The number of aryl methyl sites for hydroxylation is 4. The van der Waals surface area contributed by atoms with Crippen LogP contribution in [-0.2, 0) is 4.74 Å². The lowest BCUT2D eigenvalue weighted by molar-refractivity contribution is -0.0760. The van der Waals surface area contributed by atoms with Gasteiger partial charge in [0.25, 0.3) is 0 Å². The van der Waals surface area contributed by atoms with Crippen LogP contribution in [0, 0.1) is 98.2 Å². The summed E-state index contributed by atoms with van der Waals surface area (Å²) in [7, 11) is 2.01. The molecule has 0 amide bonds. The minimum absolute atomic E-state index is 0.241. The van der Waals surface area contributed by atoms with Gasteiger partial charge in [0, 0.05) is 13.0 Å². The Hall–Kier alpha value is -1.60. The summed E-state index contributed by atoms with van der Waals surface area (Å²) in [5.41, 5.74) is 9.27. The molecule has 0 aliphatic heterocycles. The highest BCUT2D eigenvalue weighted by atomic mass is 16.5. The Bertz CT molecular complexity index is 1360. The Morgan fingerprint density at radius 3 is 1.63 bits per heavy atom. The van der Waals surface area contributed by atoms with Crippen molar-refractivity contribution in [2.75, 3.05) is 7.11 Å². The largest absolute Gasteiger partial charge is 0.381 e. The van der Waals surface area contributed by atoms with Crippen LogP contribution >= 0.6 is 0 Å². The fourth-order valence-corrected chi connectivity index (χ4v) is 13.6. The summed E-state index contributed by atoms with van der Waals surface area (Å²) in [4.78, 5) is 0. The van der Waals surface area contributed by atoms with E-state index in [0.29, 0.717) is 17.9 Å². The highest BCUT2D eigenvalue weighted by Crippen LogP contribution is 2.65. The molecule has 14 unspecified atom stereocenters. The van der Waals surface area contributed by atoms with Gasteiger partial charge in [0.1, 0.15) is 0 Å². The lowest BCUT2D eigenvalue weighted by atomic mass is 9.56. The average molecular weight is 623 g/mol. The number of hydrogen-bond acceptors (Lipinski definition) is 1. The molecule has 0 heterocycles. The highest BCUT2D eigenvalue weighted by Gasteiger charge is 2.58. The second kappa shape index (κ2) is 12.4. The topological polar surface area (TPSA) is 9.23 Å². The highest BCUT2D eigenvalue weighted by molar-refractivity contribution is 5.35. The van der Waals surface area contributed by atoms with Crippen molar-refractivity contribution < 1.29 is 4.74 Å². The number of ether oxygens (including phenoxy) is 1. The third-order valence-electron chi connectivity index (χ3n) is 15.1. The van der Waals surface area contributed by atoms with Gasteiger partial charge < -0.3 is 4.74 Å². The summed E-state index contributed by atoms with van der Waals surface area (Å²) < 4.78 is 6.59. The molecule has 0 bridgehead atoms. The molecule has 5 aliphatic carbocycles. The van der Waals surface area contributed by atoms with Gasteiger partial charge in [-0.15, -0.1) is 0 Å². The van der Waals surface area contributed by atoms with Crippen molar-refractivity contribution in [1.82, 2.24) is 0 Å². The van der Waals surface area contributed by atoms with Crippen LogP contribution in [0.15, 0.2) is 36.4 Å². The third-order valence-corrected chi connectivity index (χ3v) is 15.1. The molecule has 0 saturated heterocycles. The van der Waals surface area contributed by atoms with Crippen molar-refractivity contribution >= 4 is 0 Å². The van der Waals surface area contributed by atoms with E-state index in [-0.39, 0.29) is 5.41 Å². The lowest BCUT2D eigenvalue weighted by Gasteiger charge is -2.51. The molecule has 5 saturated carbocycles. The molecule has 2 aromatic carbocycles. The molecule has 1 nitrogen and oxygen atoms in total. The van der Waals surface area contributed by atoms with E-state index in [1.165, 1.54) is 73.6 Å². The molecule has 0 aromatic heterocycles. The summed E-state index contributed by atoms with van der Waals surface area (Å²) in [6.45, 7) is 22.0. The predicted octanol–water partition coefficient (Wildman–Crippen LogP) is 11.9. The molecule has 14 atom stereocenters. The van der Waals surface area contributed by atoms with Crippen LogP contribution in [0.25, 0.3) is 0 Å². The van der Waals surface area contributed by atoms with E-state index >= 15 is 0 Å². The van der Waals surface area contributed by atoms with Crippen molar-refractivity contribution in [1.29, 1.82) is 0 Å². The maximum atomic E-state index is 6.59. The zero-order chi connectivity index (χ0) is 32.7. The molecule has 5 fully saturated rings. The number of benzene rings is 2. The van der Waals surface area contributed by atoms with Gasteiger partial charge in [0.15, 0.2) is 0 Å². The molecule has 1 heteroatoms. The first-order valence-corrected chi connectivity index (χ1v) is 19.5. The molecule has 0 N–H and O–H groups in total. The fraction of sp³-hybridized carbons (Fsp3) is 0.733. The fourth-order valence-electron chi connectivity index (χ4n) is 13.6. The Morgan fingerprint density at radius 1 is 0.609 bits per heavy atom. The predicted molar refractivity (Wildman–Crippen MR) is 194 cm³/mol. The quantitative estimate of drug-likeness (QED) is 0.322. The molecule has 5 aliphatic rings. The summed E-state index contributed by atoms with van der Waals surface area (Å²) >= 11 is 0. The van der Waals surface area contributed by atoms with Crippen LogP contribution in [0.4, 0.5) is 0 Å². The summed E-state index contributed by atoms with van der Waals surface area (Å²) in [5, 5.41) is 0. The van der Waals surface area contributed by atoms with E-state index in [0.717, 1.165) is 65.1 Å². The van der Waals surface area contributed by atoms with Gasteiger partial charge in [-0.05, 0) is 154 Å². The van der Waals surface area contributed by atoms with E-state index < -0.39 is 0 Å². The van der Waals surface area contributed by atoms with Crippen LogP contribution in [-0.4, -0.2) is 13.2 Å². The van der Waals surface area contributed by atoms with Gasteiger partial charge in [0.2, 0.25) is 0 Å². The van der Waals surface area contributed by atoms with E-state index in [4.69, 9.17) is 4.74 Å².